The molecule has 6 nitrogen and oxygen atoms in total. The molecule has 440 valence electrons. The van der Waals surface area contributed by atoms with Gasteiger partial charge in [-0.25, -0.2) is 0 Å². The van der Waals surface area contributed by atoms with E-state index in [9.17, 15) is 14.4 Å². The van der Waals surface area contributed by atoms with E-state index in [2.05, 4.69) is 20.8 Å². The Kier molecular flexibility index (Phi) is 62.6. The first kappa shape index (κ1) is 72.4. The minimum absolute atomic E-state index is 0.0604. The predicted molar refractivity (Wildman–Crippen MR) is 321 cm³/mol. The maximum atomic E-state index is 12.9. The lowest BCUT2D eigenvalue weighted by Gasteiger charge is -2.18. The van der Waals surface area contributed by atoms with Crippen LogP contribution >= 0.6 is 0 Å². The third-order valence-corrected chi connectivity index (χ3v) is 15.9. The topological polar surface area (TPSA) is 78.9 Å². The molecule has 0 N–H and O–H groups in total. The molecule has 0 radical (unpaired) electrons. The van der Waals surface area contributed by atoms with Crippen LogP contribution < -0.4 is 0 Å². The van der Waals surface area contributed by atoms with E-state index in [0.717, 1.165) is 57.8 Å². The van der Waals surface area contributed by atoms with Gasteiger partial charge in [0.05, 0.1) is 0 Å². The van der Waals surface area contributed by atoms with Crippen molar-refractivity contribution in [1.29, 1.82) is 0 Å². The Hall–Kier alpha value is -1.59. The van der Waals surface area contributed by atoms with Crippen LogP contribution in [0.1, 0.15) is 400 Å². The summed E-state index contributed by atoms with van der Waals surface area (Å²) in [5.41, 5.74) is 0. The van der Waals surface area contributed by atoms with Crippen LogP contribution in [0.3, 0.4) is 0 Å². The zero-order valence-corrected chi connectivity index (χ0v) is 50.7. The van der Waals surface area contributed by atoms with Gasteiger partial charge in [0, 0.05) is 19.3 Å². The Morgan fingerprint density at radius 1 is 0.216 bits per heavy atom. The summed E-state index contributed by atoms with van der Waals surface area (Å²) in [6.07, 6.45) is 74.1. The Bertz CT molecular complexity index is 1110. The van der Waals surface area contributed by atoms with E-state index in [-0.39, 0.29) is 31.1 Å². The van der Waals surface area contributed by atoms with Gasteiger partial charge in [-0.3, -0.25) is 14.4 Å². The second kappa shape index (κ2) is 63.9. The predicted octanol–water partition coefficient (Wildman–Crippen LogP) is 23.1. The van der Waals surface area contributed by atoms with Gasteiger partial charge in [0.25, 0.3) is 0 Å². The zero-order valence-electron chi connectivity index (χ0n) is 50.7. The smallest absolute Gasteiger partial charge is 0.306 e. The third kappa shape index (κ3) is 61.3. The molecule has 1 atom stereocenters. The molecule has 1 unspecified atom stereocenters. The molecule has 0 saturated heterocycles. The average molecular weight is 1050 g/mol. The number of carbonyl (C=O) groups excluding carboxylic acids is 3. The molecule has 0 saturated carbocycles. The van der Waals surface area contributed by atoms with Crippen molar-refractivity contribution in [2.24, 2.45) is 0 Å². The van der Waals surface area contributed by atoms with E-state index < -0.39 is 6.10 Å². The molecule has 0 bridgehead atoms. The summed E-state index contributed by atoms with van der Waals surface area (Å²) in [5, 5.41) is 0. The molecule has 74 heavy (non-hydrogen) atoms. The fourth-order valence-electron chi connectivity index (χ4n) is 10.7. The summed E-state index contributed by atoms with van der Waals surface area (Å²) in [7, 11) is 0. The van der Waals surface area contributed by atoms with Gasteiger partial charge in [-0.1, -0.05) is 361 Å². The number of ether oxygens (including phenoxy) is 3. The van der Waals surface area contributed by atoms with Crippen LogP contribution in [0, 0.1) is 0 Å². The van der Waals surface area contributed by atoms with E-state index >= 15 is 0 Å². The van der Waals surface area contributed by atoms with Crippen molar-refractivity contribution in [3.8, 4) is 0 Å². The van der Waals surface area contributed by atoms with Crippen LogP contribution in [0.2, 0.25) is 0 Å². The van der Waals surface area contributed by atoms with Crippen LogP contribution in [0.15, 0.2) is 0 Å². The molecule has 0 aliphatic heterocycles. The van der Waals surface area contributed by atoms with Gasteiger partial charge in [0.2, 0.25) is 0 Å². The van der Waals surface area contributed by atoms with Gasteiger partial charge < -0.3 is 14.2 Å². The SMILES string of the molecule is CCCCCCCCCCCCCCCCCCCCCCCCCCCC(=O)OCC(COC(=O)CCCCCCCCCCCCCC)OC(=O)CCCCCCCCCCCCCCCCCCCCC. The van der Waals surface area contributed by atoms with Gasteiger partial charge in [-0.2, -0.15) is 0 Å². The van der Waals surface area contributed by atoms with Crippen molar-refractivity contribution in [2.75, 3.05) is 13.2 Å². The van der Waals surface area contributed by atoms with E-state index in [1.54, 1.807) is 0 Å². The van der Waals surface area contributed by atoms with E-state index in [0.29, 0.717) is 19.3 Å². The second-order valence-corrected chi connectivity index (χ2v) is 23.5. The fourth-order valence-corrected chi connectivity index (χ4v) is 10.7. The number of carbonyl (C=O) groups is 3. The van der Waals surface area contributed by atoms with Gasteiger partial charge in [0.15, 0.2) is 6.10 Å². The van der Waals surface area contributed by atoms with Gasteiger partial charge >= 0.3 is 17.9 Å². The summed E-state index contributed by atoms with van der Waals surface area (Å²) in [6, 6.07) is 0. The third-order valence-electron chi connectivity index (χ3n) is 15.9. The molecule has 0 aromatic carbocycles. The Balaban J connectivity index is 4.17. The maximum Gasteiger partial charge on any atom is 0.306 e. The lowest BCUT2D eigenvalue weighted by atomic mass is 10.0. The molecule has 0 heterocycles. The first-order chi connectivity index (χ1) is 36.5. The fraction of sp³-hybridized carbons (Fsp3) is 0.956. The molecule has 0 spiro atoms. The van der Waals surface area contributed by atoms with Crippen LogP contribution in [0.4, 0.5) is 0 Å². The monoisotopic (exact) mass is 1050 g/mol. The van der Waals surface area contributed by atoms with Crippen molar-refractivity contribution >= 4 is 17.9 Å². The van der Waals surface area contributed by atoms with Crippen molar-refractivity contribution in [3.05, 3.63) is 0 Å². The second-order valence-electron chi connectivity index (χ2n) is 23.5. The number of hydrogen-bond acceptors (Lipinski definition) is 6. The number of hydrogen-bond donors (Lipinski definition) is 0. The molecule has 0 amide bonds. The molecular formula is C68H132O6. The standard InChI is InChI=1S/C68H132O6/c1-4-7-10-13-16-19-22-25-27-29-31-32-33-34-35-36-38-39-41-43-46-49-52-55-58-61-67(70)73-64-65(63-72-66(69)60-57-54-51-48-45-24-21-18-15-12-9-6-3)74-68(71)62-59-56-53-50-47-44-42-40-37-30-28-26-23-20-17-14-11-8-5-2/h65H,4-64H2,1-3H3. The molecule has 0 aliphatic rings. The lowest BCUT2D eigenvalue weighted by Crippen LogP contribution is -2.30. The Morgan fingerprint density at radius 2 is 0.365 bits per heavy atom. The highest BCUT2D eigenvalue weighted by atomic mass is 16.6. The minimum Gasteiger partial charge on any atom is -0.462 e. The van der Waals surface area contributed by atoms with E-state index in [1.807, 2.05) is 0 Å². The number of rotatable bonds is 64. The van der Waals surface area contributed by atoms with Crippen LogP contribution in [0.25, 0.3) is 0 Å². The van der Waals surface area contributed by atoms with E-state index in [1.165, 1.54) is 302 Å². The summed E-state index contributed by atoms with van der Waals surface area (Å²) in [4.78, 5) is 38.3. The molecule has 0 aliphatic carbocycles. The summed E-state index contributed by atoms with van der Waals surface area (Å²) in [5.74, 6) is -0.823. The normalized spacial score (nSPS) is 11.9. The summed E-state index contributed by atoms with van der Waals surface area (Å²) in [6.45, 7) is 6.73. The van der Waals surface area contributed by atoms with Crippen molar-refractivity contribution in [3.63, 3.8) is 0 Å². The highest BCUT2D eigenvalue weighted by molar-refractivity contribution is 5.71. The van der Waals surface area contributed by atoms with Crippen molar-refractivity contribution in [1.82, 2.24) is 0 Å². The molecule has 0 rings (SSSR count). The molecular weight excluding hydrogens is 913 g/mol. The lowest BCUT2D eigenvalue weighted by molar-refractivity contribution is -0.167. The molecule has 6 heteroatoms. The average Bonchev–Trinajstić information content (AvgIpc) is 3.40. The molecule has 0 aromatic rings. The highest BCUT2D eigenvalue weighted by Crippen LogP contribution is 2.19. The summed E-state index contributed by atoms with van der Waals surface area (Å²) < 4.78 is 17.0. The molecule has 0 fully saturated rings. The highest BCUT2D eigenvalue weighted by Gasteiger charge is 2.19. The quantitative estimate of drug-likeness (QED) is 0.0343. The Labute approximate surface area is 463 Å². The molecule has 0 aromatic heterocycles. The first-order valence-electron chi connectivity index (χ1n) is 34.0. The number of esters is 3. The first-order valence-corrected chi connectivity index (χ1v) is 34.0. The maximum absolute atomic E-state index is 12.9. The van der Waals surface area contributed by atoms with Crippen molar-refractivity contribution < 1.29 is 28.6 Å². The minimum atomic E-state index is -0.762. The van der Waals surface area contributed by atoms with Gasteiger partial charge in [-0.15, -0.1) is 0 Å². The van der Waals surface area contributed by atoms with E-state index in [4.69, 9.17) is 14.2 Å². The largest absolute Gasteiger partial charge is 0.462 e. The zero-order chi connectivity index (χ0) is 53.6. The van der Waals surface area contributed by atoms with Gasteiger partial charge in [0.1, 0.15) is 13.2 Å². The van der Waals surface area contributed by atoms with Gasteiger partial charge in [-0.05, 0) is 19.3 Å². The van der Waals surface area contributed by atoms with Crippen LogP contribution in [-0.4, -0.2) is 37.2 Å². The van der Waals surface area contributed by atoms with Crippen LogP contribution in [-0.2, 0) is 28.6 Å². The number of unbranched alkanes of at least 4 members (excludes halogenated alkanes) is 53. The summed E-state index contributed by atoms with van der Waals surface area (Å²) >= 11 is 0. The Morgan fingerprint density at radius 3 is 0.541 bits per heavy atom. The van der Waals surface area contributed by atoms with Crippen molar-refractivity contribution in [2.45, 2.75) is 406 Å². The van der Waals surface area contributed by atoms with Crippen LogP contribution in [0.5, 0.6) is 0 Å².